The van der Waals surface area contributed by atoms with E-state index in [0.29, 0.717) is 16.4 Å². The zero-order valence-electron chi connectivity index (χ0n) is 14.7. The maximum absolute atomic E-state index is 11.3. The van der Waals surface area contributed by atoms with E-state index in [4.69, 9.17) is 17.3 Å². The lowest BCUT2D eigenvalue weighted by atomic mass is 9.92. The highest BCUT2D eigenvalue weighted by Crippen LogP contribution is 2.28. The fourth-order valence-electron chi connectivity index (χ4n) is 3.13. The molecule has 3 N–H and O–H groups in total. The third kappa shape index (κ3) is 3.34. The van der Waals surface area contributed by atoms with E-state index in [1.54, 1.807) is 30.3 Å². The van der Waals surface area contributed by atoms with Crippen molar-refractivity contribution in [2.45, 2.75) is 5.92 Å². The van der Waals surface area contributed by atoms with Crippen LogP contribution in [0, 0.1) is 11.3 Å². The van der Waals surface area contributed by atoms with Crippen molar-refractivity contribution >= 4 is 28.5 Å². The third-order valence-corrected chi connectivity index (χ3v) is 4.87. The van der Waals surface area contributed by atoms with Crippen LogP contribution in [0.2, 0.25) is 5.02 Å². The molecule has 1 unspecified atom stereocenters. The highest BCUT2D eigenvalue weighted by atomic mass is 35.5. The van der Waals surface area contributed by atoms with Crippen LogP contribution in [0.5, 0.6) is 0 Å². The normalized spacial score (nSPS) is 11.9. The first kappa shape index (κ1) is 17.8. The van der Waals surface area contributed by atoms with Gasteiger partial charge in [0, 0.05) is 16.1 Å². The van der Waals surface area contributed by atoms with E-state index in [1.807, 2.05) is 36.4 Å². The van der Waals surface area contributed by atoms with E-state index in [-0.39, 0.29) is 5.92 Å². The number of nitrogens with one attached hydrogen (secondary N) is 1. The highest BCUT2D eigenvalue weighted by Gasteiger charge is 2.14. The SMILES string of the molecule is N#CC(c1ccc(Cl)cc1)c1ccc(-c2nc3ccc(C(N)=O)cc3[nH]2)cc1. The molecule has 4 aromatic rings. The van der Waals surface area contributed by atoms with Crippen LogP contribution in [0.15, 0.2) is 66.7 Å². The average molecular weight is 387 g/mol. The van der Waals surface area contributed by atoms with Gasteiger partial charge in [0.15, 0.2) is 0 Å². The summed E-state index contributed by atoms with van der Waals surface area (Å²) in [4.78, 5) is 19.1. The van der Waals surface area contributed by atoms with Gasteiger partial charge in [-0.25, -0.2) is 4.98 Å². The lowest BCUT2D eigenvalue weighted by molar-refractivity contribution is 0.100. The van der Waals surface area contributed by atoms with Crippen LogP contribution in [0.1, 0.15) is 27.4 Å². The third-order valence-electron chi connectivity index (χ3n) is 4.62. The van der Waals surface area contributed by atoms with Gasteiger partial charge in [-0.3, -0.25) is 4.79 Å². The zero-order valence-corrected chi connectivity index (χ0v) is 15.4. The summed E-state index contributed by atoms with van der Waals surface area (Å²) in [6.45, 7) is 0. The molecule has 1 aromatic heterocycles. The van der Waals surface area contributed by atoms with E-state index in [9.17, 15) is 10.1 Å². The van der Waals surface area contributed by atoms with Gasteiger partial charge in [0.1, 0.15) is 5.82 Å². The number of nitrogens with two attached hydrogens (primary N) is 1. The van der Waals surface area contributed by atoms with Crippen molar-refractivity contribution in [3.05, 3.63) is 88.4 Å². The van der Waals surface area contributed by atoms with E-state index < -0.39 is 5.91 Å². The molecule has 0 aliphatic heterocycles. The molecule has 0 aliphatic rings. The standard InChI is InChI=1S/C22H15ClN4O/c23-17-8-5-14(6-9-17)18(12-24)13-1-3-15(4-2-13)22-26-19-10-7-16(21(25)28)11-20(19)27-22/h1-11,18H,(H2,25,28)(H,26,27). The minimum absolute atomic E-state index is 0.375. The maximum Gasteiger partial charge on any atom is 0.248 e. The van der Waals surface area contributed by atoms with Gasteiger partial charge in [0.2, 0.25) is 5.91 Å². The summed E-state index contributed by atoms with van der Waals surface area (Å²) >= 11 is 5.94. The molecular weight excluding hydrogens is 372 g/mol. The Labute approximate surface area is 166 Å². The molecule has 6 heteroatoms. The molecule has 0 saturated heterocycles. The number of fused-ring (bicyclic) bond motifs is 1. The average Bonchev–Trinajstić information content (AvgIpc) is 3.14. The van der Waals surface area contributed by atoms with Gasteiger partial charge in [-0.1, -0.05) is 48.0 Å². The summed E-state index contributed by atoms with van der Waals surface area (Å²) in [6, 6.07) is 22.4. The minimum Gasteiger partial charge on any atom is -0.366 e. The summed E-state index contributed by atoms with van der Waals surface area (Å²) in [7, 11) is 0. The lowest BCUT2D eigenvalue weighted by Crippen LogP contribution is -2.10. The van der Waals surface area contributed by atoms with Crippen LogP contribution >= 0.6 is 11.6 Å². The molecule has 0 bridgehead atoms. The van der Waals surface area contributed by atoms with Crippen LogP contribution in [0.3, 0.4) is 0 Å². The van der Waals surface area contributed by atoms with Gasteiger partial charge in [0.25, 0.3) is 0 Å². The van der Waals surface area contributed by atoms with Crippen molar-refractivity contribution < 1.29 is 4.79 Å². The number of aromatic nitrogens is 2. The summed E-state index contributed by atoms with van der Waals surface area (Å²) in [5.41, 5.74) is 9.91. The van der Waals surface area contributed by atoms with Crippen LogP contribution in [0.4, 0.5) is 0 Å². The minimum atomic E-state index is -0.479. The number of carbonyl (C=O) groups excluding carboxylic acids is 1. The Bertz CT molecular complexity index is 1200. The quantitative estimate of drug-likeness (QED) is 0.534. The first-order valence-electron chi connectivity index (χ1n) is 8.60. The fourth-order valence-corrected chi connectivity index (χ4v) is 3.26. The van der Waals surface area contributed by atoms with E-state index >= 15 is 0 Å². The zero-order chi connectivity index (χ0) is 19.7. The number of nitrogens with zero attached hydrogens (tertiary/aromatic N) is 2. The van der Waals surface area contributed by atoms with Crippen LogP contribution in [-0.4, -0.2) is 15.9 Å². The molecule has 28 heavy (non-hydrogen) atoms. The molecule has 4 rings (SSSR count). The fraction of sp³-hybridized carbons (Fsp3) is 0.0455. The second-order valence-electron chi connectivity index (χ2n) is 6.42. The van der Waals surface area contributed by atoms with Crippen LogP contribution in [0.25, 0.3) is 22.4 Å². The van der Waals surface area contributed by atoms with Gasteiger partial charge in [-0.05, 0) is 41.5 Å². The molecule has 0 radical (unpaired) electrons. The van der Waals surface area contributed by atoms with Gasteiger partial charge < -0.3 is 10.7 Å². The number of benzene rings is 3. The number of hydrogen-bond acceptors (Lipinski definition) is 3. The van der Waals surface area contributed by atoms with Crippen molar-refractivity contribution in [2.75, 3.05) is 0 Å². The van der Waals surface area contributed by atoms with Crippen LogP contribution in [-0.2, 0) is 0 Å². The van der Waals surface area contributed by atoms with Gasteiger partial charge in [-0.2, -0.15) is 5.26 Å². The number of H-pyrrole nitrogens is 1. The number of primary amides is 1. The molecule has 136 valence electrons. The Morgan fingerprint density at radius 1 is 1.04 bits per heavy atom. The number of halogens is 1. The topological polar surface area (TPSA) is 95.6 Å². The summed E-state index contributed by atoms with van der Waals surface area (Å²) in [6.07, 6.45) is 0. The lowest BCUT2D eigenvalue weighted by Gasteiger charge is -2.10. The second kappa shape index (κ2) is 7.18. The number of imidazole rings is 1. The predicted molar refractivity (Wildman–Crippen MR) is 109 cm³/mol. The molecule has 3 aromatic carbocycles. The summed E-state index contributed by atoms with van der Waals surface area (Å²) < 4.78 is 0. The molecule has 0 saturated carbocycles. The second-order valence-corrected chi connectivity index (χ2v) is 6.85. The number of rotatable bonds is 4. The van der Waals surface area contributed by atoms with Crippen molar-refractivity contribution in [1.82, 2.24) is 9.97 Å². The van der Waals surface area contributed by atoms with Gasteiger partial charge >= 0.3 is 0 Å². The van der Waals surface area contributed by atoms with Gasteiger partial charge in [0.05, 0.1) is 23.0 Å². The molecule has 1 heterocycles. The number of carbonyl (C=O) groups is 1. The molecule has 0 spiro atoms. The van der Waals surface area contributed by atoms with Crippen molar-refractivity contribution in [3.63, 3.8) is 0 Å². The molecule has 0 aliphatic carbocycles. The Kier molecular flexibility index (Phi) is 4.56. The van der Waals surface area contributed by atoms with Crippen molar-refractivity contribution in [2.24, 2.45) is 5.73 Å². The monoisotopic (exact) mass is 386 g/mol. The molecule has 5 nitrogen and oxygen atoms in total. The van der Waals surface area contributed by atoms with Crippen LogP contribution < -0.4 is 5.73 Å². The number of nitriles is 1. The van der Waals surface area contributed by atoms with E-state index in [0.717, 1.165) is 27.7 Å². The largest absolute Gasteiger partial charge is 0.366 e. The first-order chi connectivity index (χ1) is 13.5. The Hall–Kier alpha value is -3.62. The molecule has 1 amide bonds. The highest BCUT2D eigenvalue weighted by molar-refractivity contribution is 6.30. The number of amides is 1. The Morgan fingerprint density at radius 2 is 1.68 bits per heavy atom. The first-order valence-corrected chi connectivity index (χ1v) is 8.98. The maximum atomic E-state index is 11.3. The van der Waals surface area contributed by atoms with Crippen molar-refractivity contribution in [3.8, 4) is 17.5 Å². The van der Waals surface area contributed by atoms with E-state index in [1.165, 1.54) is 0 Å². The predicted octanol–water partition coefficient (Wildman–Crippen LogP) is 4.64. The molecular formula is C22H15ClN4O. The Balaban J connectivity index is 1.65. The number of aromatic amines is 1. The van der Waals surface area contributed by atoms with Gasteiger partial charge in [-0.15, -0.1) is 0 Å². The molecule has 1 atom stereocenters. The Morgan fingerprint density at radius 3 is 2.29 bits per heavy atom. The van der Waals surface area contributed by atoms with Crippen molar-refractivity contribution in [1.29, 1.82) is 5.26 Å². The number of hydrogen-bond donors (Lipinski definition) is 2. The van der Waals surface area contributed by atoms with E-state index in [2.05, 4.69) is 16.0 Å². The smallest absolute Gasteiger partial charge is 0.248 e. The summed E-state index contributed by atoms with van der Waals surface area (Å²) in [5.74, 6) is -0.171. The summed E-state index contributed by atoms with van der Waals surface area (Å²) in [5, 5.41) is 10.3. The molecule has 0 fully saturated rings.